The number of nitrogens with zero attached hydrogens (tertiary/aromatic N) is 2. The van der Waals surface area contributed by atoms with Crippen molar-refractivity contribution in [2.24, 2.45) is 13.0 Å². The van der Waals surface area contributed by atoms with Gasteiger partial charge in [0.15, 0.2) is 0 Å². The first-order valence-corrected chi connectivity index (χ1v) is 15.2. The number of carbonyl (C=O) groups excluding carboxylic acids is 6. The van der Waals surface area contributed by atoms with E-state index in [1.54, 1.807) is 13.8 Å². The number of likely N-dealkylation sites (N-methyl/N-ethyl adjacent to an activating group) is 1. The van der Waals surface area contributed by atoms with Gasteiger partial charge in [-0.2, -0.15) is 0 Å². The summed E-state index contributed by atoms with van der Waals surface area (Å²) in [6.07, 6.45) is 1.88. The maximum Gasteiger partial charge on any atom is 0.253 e. The third-order valence-corrected chi connectivity index (χ3v) is 7.61. The number of hydrogen-bond donors (Lipinski definition) is 5. The predicted molar refractivity (Wildman–Crippen MR) is 169 cm³/mol. The van der Waals surface area contributed by atoms with E-state index < -0.39 is 65.5 Å². The molecule has 1 fully saturated rings. The molecule has 1 aromatic heterocycles. The Hall–Kier alpha value is -5.01. The highest BCUT2D eigenvalue weighted by atomic mass is 16.2. The van der Waals surface area contributed by atoms with Gasteiger partial charge in [0.2, 0.25) is 35.1 Å². The van der Waals surface area contributed by atoms with Gasteiger partial charge in [-0.05, 0) is 37.3 Å². The van der Waals surface area contributed by atoms with E-state index in [-0.39, 0.29) is 43.5 Å². The van der Waals surface area contributed by atoms with E-state index >= 15 is 0 Å². The van der Waals surface area contributed by atoms with E-state index in [0.29, 0.717) is 0 Å². The highest BCUT2D eigenvalue weighted by Gasteiger charge is 2.32. The maximum absolute atomic E-state index is 13.5. The highest BCUT2D eigenvalue weighted by molar-refractivity contribution is 5.99. The summed E-state index contributed by atoms with van der Waals surface area (Å²) in [7, 11) is 2.95. The summed E-state index contributed by atoms with van der Waals surface area (Å²) < 4.78 is 1.23. The van der Waals surface area contributed by atoms with Gasteiger partial charge >= 0.3 is 0 Å². The van der Waals surface area contributed by atoms with Crippen LogP contribution in [0.5, 0.6) is 0 Å². The Labute approximate surface area is 267 Å². The molecule has 2 heterocycles. The standard InChI is InChI=1S/C32H43N7O7/c1-19(2)27-31(45)34-20(3)28(42)36-24(16-21-10-7-6-8-11-21)32(46)39(5)18-25(40)33-15-9-12-23(30(44)37-27)35-29(43)22-13-14-26(41)38(4)17-22/h6-8,10-11,13-14,17,19-20,23-24,27H,9,12,15-16,18H2,1-5H3,(H,33,40)(H,34,45)(H,35,43)(H,36,42)(H,37,44)/t20-,23+,24+,27-/m1/s1. The first-order valence-electron chi connectivity index (χ1n) is 15.2. The van der Waals surface area contributed by atoms with Crippen LogP contribution in [0.4, 0.5) is 0 Å². The highest BCUT2D eigenvalue weighted by Crippen LogP contribution is 2.09. The molecule has 0 saturated carbocycles. The van der Waals surface area contributed by atoms with E-state index in [9.17, 15) is 33.6 Å². The van der Waals surface area contributed by atoms with E-state index in [2.05, 4.69) is 26.6 Å². The minimum absolute atomic E-state index is 0.1000. The van der Waals surface area contributed by atoms with E-state index in [1.807, 2.05) is 30.3 Å². The molecule has 0 unspecified atom stereocenters. The molecule has 4 atom stereocenters. The van der Waals surface area contributed by atoms with Crippen LogP contribution in [0.2, 0.25) is 0 Å². The second-order valence-corrected chi connectivity index (χ2v) is 11.8. The SMILES string of the molecule is CC(C)[C@H]1NC(=O)[C@@H](NC(=O)c2ccc(=O)n(C)c2)CCCNC(=O)CN(C)C(=O)[C@H](Cc2ccccc2)NC(=O)[C@@H](C)NC1=O. The lowest BCUT2D eigenvalue weighted by atomic mass is 10.0. The molecule has 1 aliphatic heterocycles. The number of benzene rings is 1. The molecular formula is C32H43N7O7. The molecule has 1 aromatic carbocycles. The largest absolute Gasteiger partial charge is 0.355 e. The molecule has 14 nitrogen and oxygen atoms in total. The normalized spacial score (nSPS) is 22.6. The molecule has 3 rings (SSSR count). The van der Waals surface area contributed by atoms with Gasteiger partial charge in [0, 0.05) is 39.3 Å². The summed E-state index contributed by atoms with van der Waals surface area (Å²) in [6.45, 7) is 4.76. The molecule has 5 N–H and O–H groups in total. The molecule has 248 valence electrons. The van der Waals surface area contributed by atoms with E-state index in [0.717, 1.165) is 5.56 Å². The fourth-order valence-electron chi connectivity index (χ4n) is 4.89. The van der Waals surface area contributed by atoms with Crippen molar-refractivity contribution < 1.29 is 28.8 Å². The smallest absolute Gasteiger partial charge is 0.253 e. The van der Waals surface area contributed by atoms with Gasteiger partial charge in [-0.1, -0.05) is 44.2 Å². The van der Waals surface area contributed by atoms with Crippen molar-refractivity contribution in [3.63, 3.8) is 0 Å². The minimum atomic E-state index is -1.10. The van der Waals surface area contributed by atoms with Gasteiger partial charge in [-0.25, -0.2) is 0 Å². The first kappa shape index (κ1) is 35.5. The van der Waals surface area contributed by atoms with Crippen LogP contribution in [0.3, 0.4) is 0 Å². The summed E-state index contributed by atoms with van der Waals surface area (Å²) in [4.78, 5) is 92.2. The van der Waals surface area contributed by atoms with Crippen molar-refractivity contribution >= 4 is 35.4 Å². The third kappa shape index (κ3) is 10.0. The zero-order chi connectivity index (χ0) is 34.0. The molecule has 1 aliphatic rings. The third-order valence-electron chi connectivity index (χ3n) is 7.61. The molecule has 0 bridgehead atoms. The van der Waals surface area contributed by atoms with Crippen molar-refractivity contribution in [3.05, 3.63) is 70.1 Å². The Balaban J connectivity index is 1.86. The molecule has 0 radical (unpaired) electrons. The number of hydrogen-bond acceptors (Lipinski definition) is 7. The van der Waals surface area contributed by atoms with Crippen LogP contribution in [-0.2, 0) is 37.4 Å². The van der Waals surface area contributed by atoms with Crippen LogP contribution in [0.1, 0.15) is 49.5 Å². The predicted octanol–water partition coefficient (Wildman–Crippen LogP) is -0.775. The lowest BCUT2D eigenvalue weighted by Gasteiger charge is -2.28. The van der Waals surface area contributed by atoms with Crippen LogP contribution in [0.25, 0.3) is 0 Å². The average molecular weight is 638 g/mol. The zero-order valence-corrected chi connectivity index (χ0v) is 26.8. The van der Waals surface area contributed by atoms with Crippen molar-refractivity contribution in [3.8, 4) is 0 Å². The van der Waals surface area contributed by atoms with Gasteiger partial charge in [-0.3, -0.25) is 33.6 Å². The number of nitrogens with one attached hydrogen (secondary N) is 5. The fourth-order valence-corrected chi connectivity index (χ4v) is 4.89. The first-order chi connectivity index (χ1) is 21.8. The molecule has 0 aliphatic carbocycles. The summed E-state index contributed by atoms with van der Waals surface area (Å²) in [5, 5.41) is 13.4. The molecule has 1 saturated heterocycles. The average Bonchev–Trinajstić information content (AvgIpc) is 3.01. The van der Waals surface area contributed by atoms with Crippen LogP contribution in [-0.4, -0.2) is 89.2 Å². The topological polar surface area (TPSA) is 188 Å². The number of rotatable bonds is 5. The lowest BCUT2D eigenvalue weighted by molar-refractivity contribution is -0.139. The lowest BCUT2D eigenvalue weighted by Crippen LogP contribution is -2.59. The molecule has 0 spiro atoms. The second kappa shape index (κ2) is 16.3. The Kier molecular flexibility index (Phi) is 12.6. The Morgan fingerprint density at radius 2 is 1.61 bits per heavy atom. The molecule has 14 heteroatoms. The summed E-state index contributed by atoms with van der Waals surface area (Å²) >= 11 is 0. The van der Waals surface area contributed by atoms with Gasteiger partial charge < -0.3 is 36.1 Å². The summed E-state index contributed by atoms with van der Waals surface area (Å²) in [5.74, 6) is -3.82. The van der Waals surface area contributed by atoms with Crippen molar-refractivity contribution in [2.45, 2.75) is 64.2 Å². The van der Waals surface area contributed by atoms with Gasteiger partial charge in [0.25, 0.3) is 5.91 Å². The zero-order valence-electron chi connectivity index (χ0n) is 26.8. The van der Waals surface area contributed by atoms with Crippen molar-refractivity contribution in [1.29, 1.82) is 0 Å². The van der Waals surface area contributed by atoms with Crippen LogP contribution in [0, 0.1) is 5.92 Å². The minimum Gasteiger partial charge on any atom is -0.355 e. The number of aryl methyl sites for hydroxylation is 1. The van der Waals surface area contributed by atoms with Gasteiger partial charge in [0.1, 0.15) is 24.2 Å². The number of pyridine rings is 1. The van der Waals surface area contributed by atoms with E-state index in [4.69, 9.17) is 0 Å². The van der Waals surface area contributed by atoms with Gasteiger partial charge in [0.05, 0.1) is 12.1 Å². The Bertz CT molecular complexity index is 1490. The molecule has 46 heavy (non-hydrogen) atoms. The van der Waals surface area contributed by atoms with Crippen LogP contribution in [0.15, 0.2) is 53.5 Å². The van der Waals surface area contributed by atoms with Crippen molar-refractivity contribution in [1.82, 2.24) is 36.1 Å². The van der Waals surface area contributed by atoms with Crippen molar-refractivity contribution in [2.75, 3.05) is 20.1 Å². The molecular weight excluding hydrogens is 594 g/mol. The van der Waals surface area contributed by atoms with Gasteiger partial charge in [-0.15, -0.1) is 0 Å². The fraction of sp³-hybridized carbons (Fsp3) is 0.469. The number of amides is 6. The quantitative estimate of drug-likeness (QED) is 0.285. The summed E-state index contributed by atoms with van der Waals surface area (Å²) in [5.41, 5.74) is 0.631. The molecule has 2 aromatic rings. The number of carbonyl (C=O) groups is 6. The summed E-state index contributed by atoms with van der Waals surface area (Å²) in [6, 6.07) is 7.40. The maximum atomic E-state index is 13.5. The van der Waals surface area contributed by atoms with E-state index in [1.165, 1.54) is 48.8 Å². The van der Waals surface area contributed by atoms with Crippen LogP contribution >= 0.6 is 0 Å². The Morgan fingerprint density at radius 1 is 0.913 bits per heavy atom. The monoisotopic (exact) mass is 637 g/mol. The molecule has 6 amide bonds. The Morgan fingerprint density at radius 3 is 2.26 bits per heavy atom. The van der Waals surface area contributed by atoms with Crippen LogP contribution < -0.4 is 32.1 Å². The second-order valence-electron chi connectivity index (χ2n) is 11.8. The number of aromatic nitrogens is 1.